The molecular formula is C22H12Cl2F6N4O. The summed E-state index contributed by atoms with van der Waals surface area (Å²) in [6, 6.07) is 8.11. The summed E-state index contributed by atoms with van der Waals surface area (Å²) in [5, 5.41) is 15.2. The third-order valence-corrected chi connectivity index (χ3v) is 5.34. The number of halogens is 8. The fraction of sp³-hybridized carbons (Fsp3) is 0.136. The van der Waals surface area contributed by atoms with Gasteiger partial charge in [-0.2, -0.15) is 36.7 Å². The number of nitrogens with zero attached hydrogens (tertiary/aromatic N) is 3. The number of hydrogen-bond donors (Lipinski definition) is 1. The number of hydrogen-bond acceptors (Lipinski definition) is 3. The van der Waals surface area contributed by atoms with Crippen molar-refractivity contribution in [3.05, 3.63) is 80.6 Å². The molecule has 5 nitrogen and oxygen atoms in total. The van der Waals surface area contributed by atoms with Crippen molar-refractivity contribution < 1.29 is 31.1 Å². The summed E-state index contributed by atoms with van der Waals surface area (Å²) in [7, 11) is 0. The maximum atomic E-state index is 13.0. The van der Waals surface area contributed by atoms with Gasteiger partial charge in [-0.1, -0.05) is 29.3 Å². The Balaban J connectivity index is 1.93. The number of carbonyl (C=O) groups excluding carboxylic acids is 1. The number of carbonyl (C=O) groups is 1. The van der Waals surface area contributed by atoms with Crippen LogP contribution >= 0.6 is 23.2 Å². The van der Waals surface area contributed by atoms with Gasteiger partial charge in [-0.15, -0.1) is 0 Å². The quantitative estimate of drug-likeness (QED) is 0.222. The molecule has 0 aliphatic heterocycles. The molecule has 0 bridgehead atoms. The molecule has 1 aromatic heterocycles. The lowest BCUT2D eigenvalue weighted by atomic mass is 10.1. The zero-order valence-electron chi connectivity index (χ0n) is 17.4. The highest BCUT2D eigenvalue weighted by molar-refractivity contribution is 6.34. The predicted octanol–water partition coefficient (Wildman–Crippen LogP) is 7.07. The number of benzene rings is 2. The minimum atomic E-state index is -4.64. The lowest BCUT2D eigenvalue weighted by Crippen LogP contribution is -2.14. The second kappa shape index (κ2) is 9.64. The number of alkyl halides is 6. The molecule has 0 saturated carbocycles. The van der Waals surface area contributed by atoms with Gasteiger partial charge in [0.05, 0.1) is 33.2 Å². The summed E-state index contributed by atoms with van der Waals surface area (Å²) in [6.45, 7) is 1.46. The Hall–Kier alpha value is -3.49. The van der Waals surface area contributed by atoms with E-state index >= 15 is 0 Å². The highest BCUT2D eigenvalue weighted by Gasteiger charge is 2.32. The van der Waals surface area contributed by atoms with E-state index in [1.54, 1.807) is 6.07 Å². The van der Waals surface area contributed by atoms with Gasteiger partial charge in [-0.25, -0.2) is 4.68 Å². The Labute approximate surface area is 204 Å². The van der Waals surface area contributed by atoms with E-state index < -0.39 is 40.0 Å². The van der Waals surface area contributed by atoms with Crippen molar-refractivity contribution in [3.63, 3.8) is 0 Å². The van der Waals surface area contributed by atoms with E-state index in [1.807, 2.05) is 0 Å². The average molecular weight is 533 g/mol. The van der Waals surface area contributed by atoms with Gasteiger partial charge in [0.1, 0.15) is 16.8 Å². The fourth-order valence-electron chi connectivity index (χ4n) is 2.94. The lowest BCUT2D eigenvalue weighted by Gasteiger charge is -2.11. The highest BCUT2D eigenvalue weighted by atomic mass is 35.5. The summed E-state index contributed by atoms with van der Waals surface area (Å²) in [6.07, 6.45) is -8.18. The molecule has 0 saturated heterocycles. The summed E-state index contributed by atoms with van der Waals surface area (Å²) >= 11 is 12.1. The van der Waals surface area contributed by atoms with Gasteiger partial charge in [0.15, 0.2) is 0 Å². The fourth-order valence-corrected chi connectivity index (χ4v) is 3.49. The van der Waals surface area contributed by atoms with Crippen LogP contribution in [0.2, 0.25) is 10.2 Å². The summed E-state index contributed by atoms with van der Waals surface area (Å²) < 4.78 is 78.5. The molecule has 0 aliphatic carbocycles. The van der Waals surface area contributed by atoms with Gasteiger partial charge in [-0.05, 0) is 49.4 Å². The number of aryl methyl sites for hydroxylation is 1. The Kier molecular flexibility index (Phi) is 7.19. The molecule has 3 rings (SSSR count). The van der Waals surface area contributed by atoms with Crippen LogP contribution in [-0.4, -0.2) is 15.7 Å². The van der Waals surface area contributed by atoms with Gasteiger partial charge in [-0.3, -0.25) is 4.79 Å². The molecule has 1 amide bonds. The summed E-state index contributed by atoms with van der Waals surface area (Å²) in [5.41, 5.74) is -2.37. The van der Waals surface area contributed by atoms with E-state index in [-0.39, 0.29) is 27.8 Å². The third kappa shape index (κ3) is 5.78. The summed E-state index contributed by atoms with van der Waals surface area (Å²) in [5.74, 6) is -1.00. The molecule has 35 heavy (non-hydrogen) atoms. The van der Waals surface area contributed by atoms with Crippen molar-refractivity contribution in [2.45, 2.75) is 19.3 Å². The molecule has 0 unspecified atom stereocenters. The van der Waals surface area contributed by atoms with Gasteiger partial charge in [0.2, 0.25) is 0 Å². The van der Waals surface area contributed by atoms with Crippen LogP contribution in [0.5, 0.6) is 0 Å². The SMILES string of the molecule is Cc1nn(-c2cccc(C(F)(F)F)c2)c(Cl)c1/C=C(\C#N)C(=O)Nc1ccc(C(F)(F)F)cc1Cl. The van der Waals surface area contributed by atoms with E-state index in [4.69, 9.17) is 23.2 Å². The molecule has 0 fully saturated rings. The van der Waals surface area contributed by atoms with Crippen molar-refractivity contribution >= 4 is 40.9 Å². The molecule has 0 atom stereocenters. The number of anilines is 1. The van der Waals surface area contributed by atoms with Crippen LogP contribution in [0.3, 0.4) is 0 Å². The molecular weight excluding hydrogens is 521 g/mol. The minimum absolute atomic E-state index is 0.00734. The van der Waals surface area contributed by atoms with Crippen molar-refractivity contribution in [1.82, 2.24) is 9.78 Å². The zero-order valence-corrected chi connectivity index (χ0v) is 18.9. The number of nitrogens with one attached hydrogen (secondary N) is 1. The lowest BCUT2D eigenvalue weighted by molar-refractivity contribution is -0.138. The van der Waals surface area contributed by atoms with Gasteiger partial charge in [0.25, 0.3) is 5.91 Å². The molecule has 182 valence electrons. The average Bonchev–Trinajstić information content (AvgIpc) is 3.05. The first-order valence-corrected chi connectivity index (χ1v) is 10.2. The van der Waals surface area contributed by atoms with Crippen molar-refractivity contribution in [1.29, 1.82) is 5.26 Å². The Bertz CT molecular complexity index is 1370. The number of nitriles is 1. The molecule has 2 aromatic carbocycles. The van der Waals surface area contributed by atoms with Crippen LogP contribution < -0.4 is 5.32 Å². The van der Waals surface area contributed by atoms with Crippen molar-refractivity contribution in [2.75, 3.05) is 5.32 Å². The Morgan fingerprint density at radius 3 is 2.26 bits per heavy atom. The van der Waals surface area contributed by atoms with Gasteiger partial charge < -0.3 is 5.32 Å². The van der Waals surface area contributed by atoms with Crippen LogP contribution in [-0.2, 0) is 17.1 Å². The van der Waals surface area contributed by atoms with Crippen molar-refractivity contribution in [2.24, 2.45) is 0 Å². The monoisotopic (exact) mass is 532 g/mol. The predicted molar refractivity (Wildman–Crippen MR) is 117 cm³/mol. The van der Waals surface area contributed by atoms with Crippen LogP contribution in [0.1, 0.15) is 22.4 Å². The maximum Gasteiger partial charge on any atom is 0.416 e. The Morgan fingerprint density at radius 2 is 1.69 bits per heavy atom. The van der Waals surface area contributed by atoms with Crippen LogP contribution in [0, 0.1) is 18.3 Å². The van der Waals surface area contributed by atoms with Gasteiger partial charge in [0, 0.05) is 5.56 Å². The van der Waals surface area contributed by atoms with E-state index in [9.17, 15) is 36.4 Å². The molecule has 1 N–H and O–H groups in total. The minimum Gasteiger partial charge on any atom is -0.320 e. The topological polar surface area (TPSA) is 70.7 Å². The molecule has 0 aliphatic rings. The molecule has 1 heterocycles. The molecule has 0 spiro atoms. The van der Waals surface area contributed by atoms with E-state index in [2.05, 4.69) is 10.4 Å². The third-order valence-electron chi connectivity index (χ3n) is 4.66. The largest absolute Gasteiger partial charge is 0.416 e. The van der Waals surface area contributed by atoms with Crippen LogP contribution in [0.4, 0.5) is 32.0 Å². The van der Waals surface area contributed by atoms with E-state index in [0.29, 0.717) is 12.1 Å². The van der Waals surface area contributed by atoms with Gasteiger partial charge >= 0.3 is 12.4 Å². The normalized spacial score (nSPS) is 12.4. The summed E-state index contributed by atoms with van der Waals surface area (Å²) in [4.78, 5) is 12.6. The molecule has 0 radical (unpaired) electrons. The number of aromatic nitrogens is 2. The van der Waals surface area contributed by atoms with Crippen molar-refractivity contribution in [3.8, 4) is 11.8 Å². The zero-order chi connectivity index (χ0) is 26.1. The smallest absolute Gasteiger partial charge is 0.320 e. The highest BCUT2D eigenvalue weighted by Crippen LogP contribution is 2.34. The number of amides is 1. The maximum absolute atomic E-state index is 13.0. The first-order chi connectivity index (χ1) is 16.2. The van der Waals surface area contributed by atoms with Crippen LogP contribution in [0.25, 0.3) is 11.8 Å². The first kappa shape index (κ1) is 26.1. The standard InChI is InChI=1S/C22H12Cl2F6N4O/c1-11-16(19(24)34(33-11)15-4-2-3-13(8-15)21(25,26)27)7-12(10-31)20(35)32-18-6-5-14(9-17(18)23)22(28,29)30/h2-9H,1H3,(H,32,35)/b12-7+. The van der Waals surface area contributed by atoms with E-state index in [1.165, 1.54) is 19.1 Å². The van der Waals surface area contributed by atoms with Crippen LogP contribution in [0.15, 0.2) is 48.0 Å². The van der Waals surface area contributed by atoms with E-state index in [0.717, 1.165) is 29.0 Å². The second-order valence-electron chi connectivity index (χ2n) is 7.07. The molecule has 13 heteroatoms. The second-order valence-corrected chi connectivity index (χ2v) is 7.83. The first-order valence-electron chi connectivity index (χ1n) is 9.45. The Morgan fingerprint density at radius 1 is 1.06 bits per heavy atom. The number of rotatable bonds is 4. The molecule has 3 aromatic rings.